The zero-order valence-corrected chi connectivity index (χ0v) is 9.17. The molecule has 0 aliphatic carbocycles. The van der Waals surface area contributed by atoms with Gasteiger partial charge < -0.3 is 0 Å². The molecule has 1 aromatic rings. The lowest BCUT2D eigenvalue weighted by Gasteiger charge is -1.95. The minimum absolute atomic E-state index is 0.342. The second-order valence-electron chi connectivity index (χ2n) is 2.06. The molecule has 0 aliphatic rings. The third-order valence-corrected chi connectivity index (χ3v) is 2.25. The molecule has 0 spiro atoms. The first-order chi connectivity index (χ1) is 5.74. The highest BCUT2D eigenvalue weighted by molar-refractivity contribution is 9.10. The topological polar surface area (TPSA) is 0 Å². The van der Waals surface area contributed by atoms with Crippen LogP contribution in [0.4, 0.5) is 0 Å². The SMILES string of the molecule is ClCC#Cc1ccc(Cl)cc1Br. The zero-order valence-electron chi connectivity index (χ0n) is 6.07. The van der Waals surface area contributed by atoms with E-state index in [4.69, 9.17) is 23.2 Å². The van der Waals surface area contributed by atoms with Crippen LogP contribution in [-0.4, -0.2) is 5.88 Å². The fraction of sp³-hybridized carbons (Fsp3) is 0.111. The van der Waals surface area contributed by atoms with E-state index in [1.54, 1.807) is 12.1 Å². The van der Waals surface area contributed by atoms with E-state index in [-0.39, 0.29) is 0 Å². The molecule has 0 amide bonds. The summed E-state index contributed by atoms with van der Waals surface area (Å²) in [5, 5.41) is 0.693. The highest BCUT2D eigenvalue weighted by Gasteiger charge is 1.95. The van der Waals surface area contributed by atoms with Crippen LogP contribution in [0.25, 0.3) is 0 Å². The number of benzene rings is 1. The first kappa shape index (κ1) is 9.92. The molecule has 1 rings (SSSR count). The van der Waals surface area contributed by atoms with Gasteiger partial charge in [0.1, 0.15) is 0 Å². The molecule has 3 heteroatoms. The highest BCUT2D eigenvalue weighted by Crippen LogP contribution is 2.20. The standard InChI is InChI=1S/C9H5BrCl2/c10-9-6-8(12)4-3-7(9)2-1-5-11/h3-4,6H,5H2. The van der Waals surface area contributed by atoms with Crippen molar-refractivity contribution in [2.45, 2.75) is 0 Å². The van der Waals surface area contributed by atoms with Gasteiger partial charge in [0.15, 0.2) is 0 Å². The Kier molecular flexibility index (Phi) is 3.94. The normalized spacial score (nSPS) is 8.92. The van der Waals surface area contributed by atoms with E-state index >= 15 is 0 Å². The maximum Gasteiger partial charge on any atom is 0.0839 e. The Morgan fingerprint density at radius 2 is 2.17 bits per heavy atom. The molecule has 0 heterocycles. The summed E-state index contributed by atoms with van der Waals surface area (Å²) in [7, 11) is 0. The van der Waals surface area contributed by atoms with Crippen LogP contribution in [0.1, 0.15) is 5.56 Å². The summed E-state index contributed by atoms with van der Waals surface area (Å²) in [6, 6.07) is 5.45. The molecule has 0 saturated carbocycles. The van der Waals surface area contributed by atoms with Crippen molar-refractivity contribution < 1.29 is 0 Å². The zero-order chi connectivity index (χ0) is 8.97. The summed E-state index contributed by atoms with van der Waals surface area (Å²) >= 11 is 14.5. The van der Waals surface area contributed by atoms with Gasteiger partial charge in [0, 0.05) is 15.1 Å². The predicted octanol–water partition coefficient (Wildman–Crippen LogP) is 3.69. The van der Waals surface area contributed by atoms with E-state index < -0.39 is 0 Å². The maximum absolute atomic E-state index is 5.75. The average Bonchev–Trinajstić information content (AvgIpc) is 2.03. The summed E-state index contributed by atoms with van der Waals surface area (Å²) in [6.45, 7) is 0. The molecule has 0 N–H and O–H groups in total. The molecule has 0 bridgehead atoms. The van der Waals surface area contributed by atoms with Crippen molar-refractivity contribution in [3.05, 3.63) is 33.3 Å². The molecular formula is C9H5BrCl2. The van der Waals surface area contributed by atoms with Crippen LogP contribution in [0.5, 0.6) is 0 Å². The monoisotopic (exact) mass is 262 g/mol. The molecule has 0 radical (unpaired) electrons. The quantitative estimate of drug-likeness (QED) is 0.495. The second kappa shape index (κ2) is 4.77. The molecule has 0 aromatic heterocycles. The number of halogens is 3. The number of alkyl halides is 1. The van der Waals surface area contributed by atoms with Crippen molar-refractivity contribution >= 4 is 39.1 Å². The van der Waals surface area contributed by atoms with Crippen molar-refractivity contribution in [2.24, 2.45) is 0 Å². The molecule has 0 unspecified atom stereocenters. The van der Waals surface area contributed by atoms with E-state index in [9.17, 15) is 0 Å². The van der Waals surface area contributed by atoms with E-state index in [0.717, 1.165) is 10.0 Å². The Morgan fingerprint density at radius 3 is 2.75 bits per heavy atom. The predicted molar refractivity (Wildman–Crippen MR) is 56.8 cm³/mol. The van der Waals surface area contributed by atoms with Gasteiger partial charge in [-0.25, -0.2) is 0 Å². The van der Waals surface area contributed by atoms with Crippen molar-refractivity contribution in [1.29, 1.82) is 0 Å². The molecule has 0 fully saturated rings. The van der Waals surface area contributed by atoms with Gasteiger partial charge in [0.25, 0.3) is 0 Å². The van der Waals surface area contributed by atoms with E-state index in [2.05, 4.69) is 27.8 Å². The summed E-state index contributed by atoms with van der Waals surface area (Å²) in [4.78, 5) is 0. The van der Waals surface area contributed by atoms with Gasteiger partial charge >= 0.3 is 0 Å². The third kappa shape index (κ3) is 2.71. The molecule has 12 heavy (non-hydrogen) atoms. The largest absolute Gasteiger partial charge is 0.113 e. The van der Waals surface area contributed by atoms with Crippen LogP contribution in [0, 0.1) is 11.8 Å². The van der Waals surface area contributed by atoms with Crippen molar-refractivity contribution in [3.8, 4) is 11.8 Å². The number of rotatable bonds is 0. The van der Waals surface area contributed by atoms with Gasteiger partial charge in [-0.1, -0.05) is 23.4 Å². The summed E-state index contributed by atoms with van der Waals surface area (Å²) in [5.41, 5.74) is 0.903. The van der Waals surface area contributed by atoms with Crippen LogP contribution in [0.15, 0.2) is 22.7 Å². The van der Waals surface area contributed by atoms with Crippen LogP contribution in [-0.2, 0) is 0 Å². The molecule has 1 aromatic carbocycles. The minimum atomic E-state index is 0.342. The van der Waals surface area contributed by atoms with Gasteiger partial charge in [0.2, 0.25) is 0 Å². The van der Waals surface area contributed by atoms with E-state index in [1.807, 2.05) is 6.07 Å². The molecule has 0 saturated heterocycles. The maximum atomic E-state index is 5.75. The Labute approximate surface area is 90.0 Å². The van der Waals surface area contributed by atoms with Crippen LogP contribution < -0.4 is 0 Å². The van der Waals surface area contributed by atoms with Gasteiger partial charge in [-0.2, -0.15) is 0 Å². The molecular weight excluding hydrogens is 259 g/mol. The molecule has 0 atom stereocenters. The summed E-state index contributed by atoms with van der Waals surface area (Å²) in [5.74, 6) is 6.01. The van der Waals surface area contributed by atoms with Gasteiger partial charge in [-0.05, 0) is 34.1 Å². The van der Waals surface area contributed by atoms with E-state index in [1.165, 1.54) is 0 Å². The Hall–Kier alpha value is -0.160. The fourth-order valence-electron chi connectivity index (χ4n) is 0.719. The van der Waals surface area contributed by atoms with Crippen molar-refractivity contribution in [3.63, 3.8) is 0 Å². The summed E-state index contributed by atoms with van der Waals surface area (Å²) in [6.07, 6.45) is 0. The van der Waals surface area contributed by atoms with Gasteiger partial charge in [0.05, 0.1) is 5.88 Å². The highest BCUT2D eigenvalue weighted by atomic mass is 79.9. The first-order valence-corrected chi connectivity index (χ1v) is 4.94. The van der Waals surface area contributed by atoms with Gasteiger partial charge in [-0.3, -0.25) is 0 Å². The number of hydrogen-bond acceptors (Lipinski definition) is 0. The van der Waals surface area contributed by atoms with Crippen LogP contribution in [0.2, 0.25) is 5.02 Å². The lowest BCUT2D eigenvalue weighted by Crippen LogP contribution is -1.77. The van der Waals surface area contributed by atoms with Gasteiger partial charge in [-0.15, -0.1) is 11.6 Å². The molecule has 62 valence electrons. The van der Waals surface area contributed by atoms with Crippen LogP contribution in [0.3, 0.4) is 0 Å². The molecule has 0 nitrogen and oxygen atoms in total. The van der Waals surface area contributed by atoms with Crippen LogP contribution >= 0.6 is 39.1 Å². The van der Waals surface area contributed by atoms with E-state index in [0.29, 0.717) is 10.9 Å². The Morgan fingerprint density at radius 1 is 1.42 bits per heavy atom. The van der Waals surface area contributed by atoms with Crippen molar-refractivity contribution in [2.75, 3.05) is 5.88 Å². The minimum Gasteiger partial charge on any atom is -0.113 e. The van der Waals surface area contributed by atoms with Crippen molar-refractivity contribution in [1.82, 2.24) is 0 Å². The fourth-order valence-corrected chi connectivity index (χ4v) is 1.57. The third-order valence-electron chi connectivity index (χ3n) is 1.22. The second-order valence-corrected chi connectivity index (χ2v) is 3.62. The lowest BCUT2D eigenvalue weighted by atomic mass is 10.2. The molecule has 0 aliphatic heterocycles. The first-order valence-electron chi connectivity index (χ1n) is 3.24. The Balaban J connectivity index is 3.01. The summed E-state index contributed by atoms with van der Waals surface area (Å²) < 4.78 is 0.896. The smallest absolute Gasteiger partial charge is 0.0839 e. The Bertz CT molecular complexity index is 336. The average molecular weight is 264 g/mol. The lowest BCUT2D eigenvalue weighted by molar-refractivity contribution is 1.58. The number of hydrogen-bond donors (Lipinski definition) is 0.